The van der Waals surface area contributed by atoms with Crippen molar-refractivity contribution in [1.82, 2.24) is 25.2 Å². The second kappa shape index (κ2) is 9.28. The summed E-state index contributed by atoms with van der Waals surface area (Å²) in [5, 5.41) is 11.6. The van der Waals surface area contributed by atoms with Crippen LogP contribution in [0, 0.1) is 0 Å². The fourth-order valence-electron chi connectivity index (χ4n) is 4.94. The van der Waals surface area contributed by atoms with Crippen molar-refractivity contribution in [3.63, 3.8) is 0 Å². The van der Waals surface area contributed by atoms with E-state index in [1.165, 1.54) is 16.8 Å². The first-order chi connectivity index (χ1) is 16.7. The first-order valence-electron chi connectivity index (χ1n) is 11.7. The van der Waals surface area contributed by atoms with Crippen molar-refractivity contribution in [2.75, 3.05) is 19.6 Å². The molecule has 1 amide bonds. The highest BCUT2D eigenvalue weighted by Crippen LogP contribution is 2.38. The second-order valence-corrected chi connectivity index (χ2v) is 9.49. The van der Waals surface area contributed by atoms with Gasteiger partial charge in [-0.05, 0) is 73.7 Å². The molecule has 10 heteroatoms. The van der Waals surface area contributed by atoms with Crippen LogP contribution < -0.4 is 5.32 Å². The van der Waals surface area contributed by atoms with Crippen molar-refractivity contribution in [3.8, 4) is 0 Å². The van der Waals surface area contributed by atoms with Gasteiger partial charge in [0.25, 0.3) is 0 Å². The van der Waals surface area contributed by atoms with E-state index >= 15 is 0 Å². The summed E-state index contributed by atoms with van der Waals surface area (Å²) >= 11 is 5.85. The normalized spacial score (nSPS) is 19.7. The highest BCUT2D eigenvalue weighted by atomic mass is 35.5. The van der Waals surface area contributed by atoms with Crippen LogP contribution >= 0.6 is 11.6 Å². The molecule has 0 radical (unpaired) electrons. The number of alkyl halides is 3. The molecule has 1 fully saturated rings. The topological polar surface area (TPSA) is 63.1 Å². The third-order valence-corrected chi connectivity index (χ3v) is 7.09. The first-order valence-corrected chi connectivity index (χ1v) is 12.0. The molecule has 2 aromatic carbocycles. The van der Waals surface area contributed by atoms with Crippen LogP contribution in [-0.2, 0) is 11.0 Å². The summed E-state index contributed by atoms with van der Waals surface area (Å²) in [4.78, 5) is 14.6. The van der Waals surface area contributed by atoms with Gasteiger partial charge in [-0.3, -0.25) is 4.79 Å². The molecule has 0 spiro atoms. The van der Waals surface area contributed by atoms with Gasteiger partial charge >= 0.3 is 6.18 Å². The quantitative estimate of drug-likeness (QED) is 0.539. The summed E-state index contributed by atoms with van der Waals surface area (Å²) in [6, 6.07) is 8.67. The number of aromatic nitrogens is 3. The number of fused-ring (bicyclic) bond motifs is 1. The van der Waals surface area contributed by atoms with Crippen LogP contribution in [0.3, 0.4) is 0 Å². The molecule has 1 saturated heterocycles. The van der Waals surface area contributed by atoms with Crippen LogP contribution in [0.4, 0.5) is 13.2 Å². The van der Waals surface area contributed by atoms with E-state index in [0.717, 1.165) is 36.6 Å². The van der Waals surface area contributed by atoms with E-state index in [2.05, 4.69) is 21.7 Å². The average Bonchev–Trinajstić information content (AvgIpc) is 3.53. The van der Waals surface area contributed by atoms with E-state index in [0.29, 0.717) is 30.5 Å². The van der Waals surface area contributed by atoms with Crippen molar-refractivity contribution >= 4 is 34.1 Å². The molecule has 2 atom stereocenters. The van der Waals surface area contributed by atoms with Gasteiger partial charge in [-0.2, -0.15) is 13.2 Å². The fraction of sp³-hybridized carbons (Fsp3) is 0.400. The van der Waals surface area contributed by atoms with Crippen LogP contribution in [0.5, 0.6) is 0 Å². The van der Waals surface area contributed by atoms with Crippen LogP contribution in [-0.4, -0.2) is 51.5 Å². The fourth-order valence-corrected chi connectivity index (χ4v) is 5.11. The molecular weight excluding hydrogens is 479 g/mol. The molecule has 35 heavy (non-hydrogen) atoms. The Labute approximate surface area is 205 Å². The molecule has 3 heterocycles. The van der Waals surface area contributed by atoms with Crippen LogP contribution in [0.1, 0.15) is 48.9 Å². The summed E-state index contributed by atoms with van der Waals surface area (Å²) < 4.78 is 42.6. The predicted molar refractivity (Wildman–Crippen MR) is 128 cm³/mol. The smallest absolute Gasteiger partial charge is 0.337 e. The van der Waals surface area contributed by atoms with Crippen LogP contribution in [0.2, 0.25) is 5.02 Å². The molecule has 1 N–H and O–H groups in total. The SMILES string of the molecule is C[C@H](c1ccc(Cl)cc1C(F)(F)F)n1nnc2ccc(C3=CCN(C(=O)[C@H]4CCCN4)CC3)cc21. The Morgan fingerprint density at radius 3 is 2.74 bits per heavy atom. The maximum absolute atomic E-state index is 13.7. The molecule has 0 saturated carbocycles. The molecule has 0 bridgehead atoms. The van der Waals surface area contributed by atoms with E-state index in [1.807, 2.05) is 23.1 Å². The zero-order valence-electron chi connectivity index (χ0n) is 19.1. The monoisotopic (exact) mass is 503 g/mol. The number of hydrogen-bond acceptors (Lipinski definition) is 4. The Bertz CT molecular complexity index is 1300. The van der Waals surface area contributed by atoms with Gasteiger partial charge in [0.15, 0.2) is 0 Å². The number of benzene rings is 2. The van der Waals surface area contributed by atoms with Crippen LogP contribution in [0.25, 0.3) is 16.6 Å². The molecule has 2 aliphatic rings. The highest BCUT2D eigenvalue weighted by Gasteiger charge is 2.35. The number of halogens is 4. The minimum absolute atomic E-state index is 0.0273. The van der Waals surface area contributed by atoms with Gasteiger partial charge in [-0.1, -0.05) is 35.0 Å². The summed E-state index contributed by atoms with van der Waals surface area (Å²) in [5.41, 5.74) is 2.58. The summed E-state index contributed by atoms with van der Waals surface area (Å²) in [6.07, 6.45) is 0.111. The number of carbonyl (C=O) groups is 1. The van der Waals surface area contributed by atoms with Gasteiger partial charge in [0.1, 0.15) is 5.52 Å². The van der Waals surface area contributed by atoms with Crippen molar-refractivity contribution in [3.05, 3.63) is 64.2 Å². The summed E-state index contributed by atoms with van der Waals surface area (Å²) in [5.74, 6) is 0.146. The maximum Gasteiger partial charge on any atom is 0.416 e. The Morgan fingerprint density at radius 2 is 2.06 bits per heavy atom. The Hall–Kier alpha value is -2.91. The van der Waals surface area contributed by atoms with E-state index < -0.39 is 17.8 Å². The zero-order valence-corrected chi connectivity index (χ0v) is 19.9. The van der Waals surface area contributed by atoms with E-state index in [-0.39, 0.29) is 22.5 Å². The number of rotatable bonds is 4. The van der Waals surface area contributed by atoms with E-state index in [1.54, 1.807) is 6.92 Å². The third-order valence-electron chi connectivity index (χ3n) is 6.86. The average molecular weight is 504 g/mol. The van der Waals surface area contributed by atoms with Gasteiger partial charge in [-0.25, -0.2) is 4.68 Å². The number of amides is 1. The standard InChI is InChI=1S/C25H25ClF3N5O/c1-15(19-6-5-18(26)14-20(19)25(27,28)29)34-23-13-17(4-7-21(23)31-32-34)16-8-11-33(12-9-16)24(35)22-3-2-10-30-22/h4-8,13-15,22,30H,2-3,9-12H2,1H3/t15-,22-/m1/s1. The lowest BCUT2D eigenvalue weighted by atomic mass is 9.98. The van der Waals surface area contributed by atoms with Crippen molar-refractivity contribution < 1.29 is 18.0 Å². The first kappa shape index (κ1) is 23.8. The summed E-state index contributed by atoms with van der Waals surface area (Å²) in [6.45, 7) is 3.72. The Morgan fingerprint density at radius 1 is 1.23 bits per heavy atom. The summed E-state index contributed by atoms with van der Waals surface area (Å²) in [7, 11) is 0. The van der Waals surface area contributed by atoms with Gasteiger partial charge in [-0.15, -0.1) is 5.10 Å². The molecular formula is C25H25ClF3N5O. The van der Waals surface area contributed by atoms with Crippen molar-refractivity contribution in [2.45, 2.75) is 44.4 Å². The molecule has 0 aliphatic carbocycles. The van der Waals surface area contributed by atoms with E-state index in [9.17, 15) is 18.0 Å². The Kier molecular flexibility index (Phi) is 6.31. The largest absolute Gasteiger partial charge is 0.416 e. The maximum atomic E-state index is 13.7. The molecule has 0 unspecified atom stereocenters. The van der Waals surface area contributed by atoms with E-state index in [4.69, 9.17) is 11.6 Å². The number of nitrogens with zero attached hydrogens (tertiary/aromatic N) is 4. The lowest BCUT2D eigenvalue weighted by Gasteiger charge is -2.29. The molecule has 3 aromatic rings. The van der Waals surface area contributed by atoms with Gasteiger partial charge in [0.2, 0.25) is 5.91 Å². The molecule has 5 rings (SSSR count). The van der Waals surface area contributed by atoms with Gasteiger partial charge in [0, 0.05) is 18.1 Å². The van der Waals surface area contributed by atoms with Gasteiger partial charge in [0.05, 0.1) is 23.2 Å². The van der Waals surface area contributed by atoms with Gasteiger partial charge < -0.3 is 10.2 Å². The second-order valence-electron chi connectivity index (χ2n) is 9.06. The van der Waals surface area contributed by atoms with Crippen LogP contribution in [0.15, 0.2) is 42.5 Å². The molecule has 2 aliphatic heterocycles. The lowest BCUT2D eigenvalue weighted by molar-refractivity contribution is -0.138. The zero-order chi connectivity index (χ0) is 24.7. The molecule has 6 nitrogen and oxygen atoms in total. The predicted octanol–water partition coefficient (Wildman–Crippen LogP) is 5.08. The molecule has 184 valence electrons. The lowest BCUT2D eigenvalue weighted by Crippen LogP contribution is -2.45. The van der Waals surface area contributed by atoms with Crippen molar-refractivity contribution in [1.29, 1.82) is 0 Å². The number of nitrogens with one attached hydrogen (secondary N) is 1. The third kappa shape index (κ3) is 4.67. The highest BCUT2D eigenvalue weighted by molar-refractivity contribution is 6.30. The number of hydrogen-bond donors (Lipinski definition) is 1. The van der Waals surface area contributed by atoms with Crippen molar-refractivity contribution in [2.24, 2.45) is 0 Å². The molecule has 1 aromatic heterocycles. The Balaban J connectivity index is 1.43. The minimum atomic E-state index is -4.54. The minimum Gasteiger partial charge on any atom is -0.337 e. The number of carbonyl (C=O) groups excluding carboxylic acids is 1.